The van der Waals surface area contributed by atoms with E-state index in [1.54, 1.807) is 39.0 Å². The fourth-order valence-corrected chi connectivity index (χ4v) is 2.46. The van der Waals surface area contributed by atoms with E-state index in [-0.39, 0.29) is 6.61 Å². The van der Waals surface area contributed by atoms with Crippen molar-refractivity contribution < 1.29 is 14.6 Å². The molecule has 0 saturated carbocycles. The van der Waals surface area contributed by atoms with Crippen LogP contribution < -0.4 is 0 Å². The van der Waals surface area contributed by atoms with Crippen molar-refractivity contribution in [2.45, 2.75) is 33.0 Å². The highest BCUT2D eigenvalue weighted by Crippen LogP contribution is 2.31. The average Bonchev–Trinajstić information content (AvgIpc) is 2.65. The van der Waals surface area contributed by atoms with Crippen LogP contribution in [0.3, 0.4) is 0 Å². The van der Waals surface area contributed by atoms with Crippen molar-refractivity contribution in [2.24, 2.45) is 0 Å². The van der Waals surface area contributed by atoms with Crippen molar-refractivity contribution in [3.63, 3.8) is 0 Å². The van der Waals surface area contributed by atoms with Crippen LogP contribution in [-0.2, 0) is 11.3 Å². The molecule has 4 nitrogen and oxygen atoms in total. The van der Waals surface area contributed by atoms with E-state index in [1.165, 1.54) is 4.57 Å². The number of benzene rings is 1. The van der Waals surface area contributed by atoms with Crippen LogP contribution in [-0.4, -0.2) is 21.4 Å². The molecule has 0 unspecified atom stereocenters. The number of nitrogens with zero attached hydrogens (tertiary/aromatic N) is 1. The Hall–Kier alpha value is -1.23. The summed E-state index contributed by atoms with van der Waals surface area (Å²) in [6.45, 7) is 5.02. The number of halogens is 2. The maximum absolute atomic E-state index is 12.3. The lowest BCUT2D eigenvalue weighted by Crippen LogP contribution is -2.28. The Balaban J connectivity index is 2.64. The zero-order chi connectivity index (χ0) is 15.1. The monoisotopic (exact) mass is 315 g/mol. The van der Waals surface area contributed by atoms with Crippen molar-refractivity contribution in [2.75, 3.05) is 0 Å². The Bertz CT molecular complexity index is 671. The number of fused-ring (bicyclic) bond motifs is 1. The number of ether oxygens (including phenoxy) is 1. The van der Waals surface area contributed by atoms with Crippen LogP contribution in [0.15, 0.2) is 18.2 Å². The summed E-state index contributed by atoms with van der Waals surface area (Å²) < 4.78 is 6.63. The van der Waals surface area contributed by atoms with Crippen LogP contribution in [0.1, 0.15) is 26.5 Å². The summed E-state index contributed by atoms with van der Waals surface area (Å²) in [7, 11) is 0. The number of carbonyl (C=O) groups is 1. The smallest absolute Gasteiger partial charge is 0.419 e. The SMILES string of the molecule is CC(C)(C)OC(=O)n1c(CO)cc2c(Cl)cc(Cl)cc21. The fourth-order valence-electron chi connectivity index (χ4n) is 1.92. The van der Waals surface area contributed by atoms with Gasteiger partial charge in [-0.05, 0) is 39.0 Å². The molecule has 0 aliphatic heterocycles. The number of aliphatic hydroxyl groups excluding tert-OH is 1. The standard InChI is InChI=1S/C14H15Cl2NO3/c1-14(2,3)20-13(19)17-9(7-18)6-10-11(16)4-8(15)5-12(10)17/h4-6,18H,7H2,1-3H3. The second-order valence-corrected chi connectivity index (χ2v) is 6.27. The maximum atomic E-state index is 12.3. The Morgan fingerprint density at radius 3 is 2.50 bits per heavy atom. The predicted molar refractivity (Wildman–Crippen MR) is 79.5 cm³/mol. The van der Waals surface area contributed by atoms with Crippen LogP contribution >= 0.6 is 23.2 Å². The van der Waals surface area contributed by atoms with Crippen molar-refractivity contribution in [3.05, 3.63) is 33.9 Å². The van der Waals surface area contributed by atoms with Crippen LogP contribution in [0, 0.1) is 0 Å². The minimum Gasteiger partial charge on any atom is -0.443 e. The minimum absolute atomic E-state index is 0.304. The van der Waals surface area contributed by atoms with Crippen LogP contribution in [0.2, 0.25) is 10.0 Å². The third-order valence-electron chi connectivity index (χ3n) is 2.65. The Morgan fingerprint density at radius 2 is 1.95 bits per heavy atom. The molecule has 0 saturated heterocycles. The molecular formula is C14H15Cl2NO3. The van der Waals surface area contributed by atoms with Gasteiger partial charge in [0.05, 0.1) is 22.8 Å². The number of carbonyl (C=O) groups excluding carboxylic acids is 1. The first kappa shape index (κ1) is 15.2. The van der Waals surface area contributed by atoms with E-state index in [9.17, 15) is 9.90 Å². The lowest BCUT2D eigenvalue weighted by molar-refractivity contribution is 0.0533. The summed E-state index contributed by atoms with van der Waals surface area (Å²) in [5.74, 6) is 0. The highest BCUT2D eigenvalue weighted by atomic mass is 35.5. The van der Waals surface area contributed by atoms with Crippen LogP contribution in [0.25, 0.3) is 10.9 Å². The number of aromatic nitrogens is 1. The van der Waals surface area contributed by atoms with Crippen molar-refractivity contribution >= 4 is 40.2 Å². The van der Waals surface area contributed by atoms with Gasteiger partial charge in [0.2, 0.25) is 0 Å². The largest absolute Gasteiger partial charge is 0.443 e. The second kappa shape index (κ2) is 5.28. The first-order valence-electron chi connectivity index (χ1n) is 6.06. The first-order valence-corrected chi connectivity index (χ1v) is 6.82. The number of hydrogen-bond donors (Lipinski definition) is 1. The van der Waals surface area contributed by atoms with Gasteiger partial charge >= 0.3 is 6.09 Å². The van der Waals surface area contributed by atoms with Gasteiger partial charge in [-0.3, -0.25) is 0 Å². The molecule has 0 radical (unpaired) electrons. The molecule has 0 aliphatic rings. The molecule has 1 N–H and O–H groups in total. The van der Waals surface area contributed by atoms with E-state index in [1.807, 2.05) is 0 Å². The molecular weight excluding hydrogens is 301 g/mol. The molecule has 0 atom stereocenters. The summed E-state index contributed by atoms with van der Waals surface area (Å²) in [5, 5.41) is 10.9. The van der Waals surface area contributed by atoms with E-state index in [4.69, 9.17) is 27.9 Å². The molecule has 0 bridgehead atoms. The van der Waals surface area contributed by atoms with Crippen LogP contribution in [0.4, 0.5) is 4.79 Å². The van der Waals surface area contributed by atoms with Crippen molar-refractivity contribution in [1.29, 1.82) is 0 Å². The third-order valence-corrected chi connectivity index (χ3v) is 3.18. The van der Waals surface area contributed by atoms with E-state index in [0.29, 0.717) is 26.6 Å². The second-order valence-electron chi connectivity index (χ2n) is 5.43. The average molecular weight is 316 g/mol. The summed E-state index contributed by atoms with van der Waals surface area (Å²) in [4.78, 5) is 12.3. The van der Waals surface area contributed by atoms with Crippen LogP contribution in [0.5, 0.6) is 0 Å². The minimum atomic E-state index is -0.636. The molecule has 2 rings (SSSR count). The molecule has 1 aromatic carbocycles. The summed E-state index contributed by atoms with van der Waals surface area (Å²) in [6, 6.07) is 4.86. The summed E-state index contributed by atoms with van der Waals surface area (Å²) in [5.41, 5.74) is 0.280. The first-order chi connectivity index (χ1) is 9.23. The van der Waals surface area contributed by atoms with Gasteiger partial charge in [-0.1, -0.05) is 23.2 Å². The number of aliphatic hydroxyl groups is 1. The molecule has 1 aromatic heterocycles. The lowest BCUT2D eigenvalue weighted by Gasteiger charge is -2.20. The normalized spacial score (nSPS) is 11.9. The molecule has 20 heavy (non-hydrogen) atoms. The zero-order valence-corrected chi connectivity index (χ0v) is 12.9. The Morgan fingerprint density at radius 1 is 1.30 bits per heavy atom. The molecule has 0 spiro atoms. The zero-order valence-electron chi connectivity index (χ0n) is 11.4. The van der Waals surface area contributed by atoms with Gasteiger partial charge in [0.25, 0.3) is 0 Å². The number of hydrogen-bond acceptors (Lipinski definition) is 3. The van der Waals surface area contributed by atoms with Gasteiger partial charge in [-0.15, -0.1) is 0 Å². The fraction of sp³-hybridized carbons (Fsp3) is 0.357. The Kier molecular flexibility index (Phi) is 4.00. The highest BCUT2D eigenvalue weighted by molar-refractivity contribution is 6.38. The van der Waals surface area contributed by atoms with Crippen molar-refractivity contribution in [3.8, 4) is 0 Å². The quantitative estimate of drug-likeness (QED) is 0.857. The number of rotatable bonds is 1. The van der Waals surface area contributed by atoms with Gasteiger partial charge < -0.3 is 9.84 Å². The van der Waals surface area contributed by atoms with Gasteiger partial charge in [0.15, 0.2) is 0 Å². The summed E-state index contributed by atoms with van der Waals surface area (Å²) >= 11 is 12.1. The van der Waals surface area contributed by atoms with Gasteiger partial charge in [-0.2, -0.15) is 0 Å². The predicted octanol–water partition coefficient (Wildman–Crippen LogP) is 4.22. The molecule has 0 aliphatic carbocycles. The van der Waals surface area contributed by atoms with Gasteiger partial charge in [0, 0.05) is 10.4 Å². The lowest BCUT2D eigenvalue weighted by atomic mass is 10.2. The van der Waals surface area contributed by atoms with Gasteiger partial charge in [-0.25, -0.2) is 9.36 Å². The molecule has 0 amide bonds. The topological polar surface area (TPSA) is 51.5 Å². The molecule has 108 valence electrons. The molecule has 6 heteroatoms. The molecule has 2 aromatic rings. The maximum Gasteiger partial charge on any atom is 0.419 e. The van der Waals surface area contributed by atoms with E-state index >= 15 is 0 Å². The van der Waals surface area contributed by atoms with Gasteiger partial charge in [0.1, 0.15) is 5.60 Å². The highest BCUT2D eigenvalue weighted by Gasteiger charge is 2.22. The van der Waals surface area contributed by atoms with Crippen molar-refractivity contribution in [1.82, 2.24) is 4.57 Å². The van der Waals surface area contributed by atoms with E-state index < -0.39 is 11.7 Å². The summed E-state index contributed by atoms with van der Waals surface area (Å²) in [6.07, 6.45) is -0.574. The molecule has 1 heterocycles. The third kappa shape index (κ3) is 2.92. The molecule has 0 fully saturated rings. The Labute approximate surface area is 126 Å². The van der Waals surface area contributed by atoms with E-state index in [2.05, 4.69) is 0 Å². The van der Waals surface area contributed by atoms with E-state index in [0.717, 1.165) is 0 Å².